The van der Waals surface area contributed by atoms with Gasteiger partial charge in [0.15, 0.2) is 5.78 Å². The molecule has 11 heteroatoms. The summed E-state index contributed by atoms with van der Waals surface area (Å²) in [5, 5.41) is 15.9. The lowest BCUT2D eigenvalue weighted by Gasteiger charge is -2.21. The monoisotopic (exact) mass is 576 g/mol. The highest BCUT2D eigenvalue weighted by molar-refractivity contribution is 7.17. The summed E-state index contributed by atoms with van der Waals surface area (Å²) < 4.78 is 0. The predicted molar refractivity (Wildman–Crippen MR) is 164 cm³/mol. The third-order valence-corrected chi connectivity index (χ3v) is 8.92. The van der Waals surface area contributed by atoms with Gasteiger partial charge in [0, 0.05) is 45.6 Å². The Morgan fingerprint density at radius 3 is 2.74 bits per heavy atom. The smallest absolute Gasteiger partial charge is 0.224 e. The fraction of sp³-hybridized carbons (Fsp3) is 0.226. The van der Waals surface area contributed by atoms with E-state index in [0.29, 0.717) is 18.0 Å². The van der Waals surface area contributed by atoms with Gasteiger partial charge >= 0.3 is 0 Å². The Kier molecular flexibility index (Phi) is 6.80. The van der Waals surface area contributed by atoms with E-state index in [-0.39, 0.29) is 11.7 Å². The zero-order valence-electron chi connectivity index (χ0n) is 22.9. The molecule has 7 rings (SSSR count). The largest absolute Gasteiger partial charge is 0.338 e. The Bertz CT molecular complexity index is 1950. The molecule has 1 fully saturated rings. The number of hydrogen-bond donors (Lipinski definition) is 4. The van der Waals surface area contributed by atoms with Crippen LogP contribution in [0, 0.1) is 5.92 Å². The van der Waals surface area contributed by atoms with Crippen LogP contribution < -0.4 is 10.6 Å². The van der Waals surface area contributed by atoms with Crippen molar-refractivity contribution in [2.24, 2.45) is 5.92 Å². The molecule has 7 heterocycles. The number of nitrogens with zero attached hydrogens (tertiary/aromatic N) is 4. The lowest BCUT2D eigenvalue weighted by atomic mass is 9.94. The fourth-order valence-corrected chi connectivity index (χ4v) is 6.47. The van der Waals surface area contributed by atoms with Crippen molar-refractivity contribution in [1.29, 1.82) is 0 Å². The second kappa shape index (κ2) is 10.9. The molecular weight excluding hydrogens is 548 g/mol. The van der Waals surface area contributed by atoms with Gasteiger partial charge in [-0.25, -0.2) is 4.98 Å². The average Bonchev–Trinajstić information content (AvgIpc) is 3.75. The Morgan fingerprint density at radius 1 is 1.02 bits per heavy atom. The first-order chi connectivity index (χ1) is 20.5. The number of ketones is 1. The van der Waals surface area contributed by atoms with E-state index in [4.69, 9.17) is 0 Å². The molecule has 0 aromatic carbocycles. The van der Waals surface area contributed by atoms with Crippen LogP contribution in [0.1, 0.15) is 35.9 Å². The minimum atomic E-state index is 0.00763. The SMILES string of the molecule is CC(=O)c1ccc(-c2ccnc3[nH]c(-c4n[nH]c5cnc(-c6cncc(NC(=O)CC7CCNCC7)c6)cc45)cc23)s1. The van der Waals surface area contributed by atoms with E-state index in [1.165, 1.54) is 11.3 Å². The third-order valence-electron chi connectivity index (χ3n) is 7.70. The van der Waals surface area contributed by atoms with Crippen molar-refractivity contribution in [1.82, 2.24) is 35.5 Å². The Hall–Kier alpha value is -4.74. The number of pyridine rings is 3. The van der Waals surface area contributed by atoms with Gasteiger partial charge in [-0.1, -0.05) is 0 Å². The molecule has 1 saturated heterocycles. The number of carbonyl (C=O) groups excluding carboxylic acids is 2. The molecule has 0 unspecified atom stereocenters. The van der Waals surface area contributed by atoms with Gasteiger partial charge in [-0.05, 0) is 75.2 Å². The Morgan fingerprint density at radius 2 is 1.90 bits per heavy atom. The number of thiophene rings is 1. The maximum Gasteiger partial charge on any atom is 0.224 e. The van der Waals surface area contributed by atoms with Crippen molar-refractivity contribution in [2.45, 2.75) is 26.2 Å². The molecule has 6 aromatic heterocycles. The fourth-order valence-electron chi connectivity index (χ4n) is 5.53. The number of amides is 1. The second-order valence-electron chi connectivity index (χ2n) is 10.6. The Labute approximate surface area is 245 Å². The molecular formula is C31H28N8O2S. The molecule has 0 radical (unpaired) electrons. The van der Waals surface area contributed by atoms with E-state index < -0.39 is 0 Å². The zero-order valence-corrected chi connectivity index (χ0v) is 23.7. The number of fused-ring (bicyclic) bond motifs is 2. The standard InChI is InChI=1S/C31H28N8O2S/c1-17(40)27-2-3-28(42-27)21-6-9-34-31-22(21)12-25(37-31)30-23-13-24(35-16-26(23)38-39-30)19-11-20(15-33-14-19)36-29(41)10-18-4-7-32-8-5-18/h2-3,6,9,11-16,18,32H,4-5,7-8,10H2,1H3,(H,34,37)(H,36,41)(H,38,39). The Balaban J connectivity index is 1.19. The summed E-state index contributed by atoms with van der Waals surface area (Å²) in [5.74, 6) is 0.470. The summed E-state index contributed by atoms with van der Waals surface area (Å²) in [6.45, 7) is 3.51. The van der Waals surface area contributed by atoms with E-state index >= 15 is 0 Å². The van der Waals surface area contributed by atoms with Gasteiger partial charge in [0.05, 0.1) is 39.9 Å². The summed E-state index contributed by atoms with van der Waals surface area (Å²) in [6.07, 6.45) is 9.47. The van der Waals surface area contributed by atoms with Gasteiger partial charge in [0.25, 0.3) is 0 Å². The van der Waals surface area contributed by atoms with Crippen LogP contribution in [-0.2, 0) is 4.79 Å². The highest BCUT2D eigenvalue weighted by atomic mass is 32.1. The predicted octanol–water partition coefficient (Wildman–Crippen LogP) is 5.82. The normalized spacial score (nSPS) is 14.0. The maximum atomic E-state index is 12.7. The van der Waals surface area contributed by atoms with Crippen molar-refractivity contribution >= 4 is 50.7 Å². The molecule has 0 atom stereocenters. The molecule has 0 spiro atoms. The second-order valence-corrected chi connectivity index (χ2v) is 11.7. The van der Waals surface area contributed by atoms with Gasteiger partial charge in [-0.2, -0.15) is 5.10 Å². The lowest BCUT2D eigenvalue weighted by Crippen LogP contribution is -2.30. The summed E-state index contributed by atoms with van der Waals surface area (Å²) in [5.41, 5.74) is 6.26. The third kappa shape index (κ3) is 5.08. The quantitative estimate of drug-likeness (QED) is 0.175. The minimum absolute atomic E-state index is 0.00763. The number of aromatic nitrogens is 6. The number of nitrogens with one attached hydrogen (secondary N) is 4. The number of carbonyl (C=O) groups is 2. The van der Waals surface area contributed by atoms with Crippen molar-refractivity contribution in [3.63, 3.8) is 0 Å². The van der Waals surface area contributed by atoms with Crippen LogP contribution in [0.15, 0.2) is 61.2 Å². The highest BCUT2D eigenvalue weighted by Gasteiger charge is 2.19. The first-order valence-electron chi connectivity index (χ1n) is 13.9. The zero-order chi connectivity index (χ0) is 28.6. The van der Waals surface area contributed by atoms with E-state index in [9.17, 15) is 9.59 Å². The van der Waals surface area contributed by atoms with E-state index in [0.717, 1.165) is 85.8 Å². The van der Waals surface area contributed by atoms with Crippen LogP contribution in [0.5, 0.6) is 0 Å². The lowest BCUT2D eigenvalue weighted by molar-refractivity contribution is -0.117. The van der Waals surface area contributed by atoms with Crippen LogP contribution >= 0.6 is 11.3 Å². The van der Waals surface area contributed by atoms with Crippen molar-refractivity contribution in [2.75, 3.05) is 18.4 Å². The van der Waals surface area contributed by atoms with Gasteiger partial charge in [0.1, 0.15) is 11.3 Å². The van der Waals surface area contributed by atoms with Gasteiger partial charge in [-0.15, -0.1) is 11.3 Å². The van der Waals surface area contributed by atoms with E-state index in [2.05, 4.69) is 40.8 Å². The molecule has 1 aliphatic rings. The molecule has 0 aliphatic carbocycles. The first kappa shape index (κ1) is 26.2. The number of hydrogen-bond acceptors (Lipinski definition) is 8. The number of rotatable bonds is 7. The van der Waals surface area contributed by atoms with Gasteiger partial charge < -0.3 is 15.6 Å². The van der Waals surface area contributed by atoms with E-state index in [1.807, 2.05) is 36.4 Å². The van der Waals surface area contributed by atoms with E-state index in [1.54, 1.807) is 31.7 Å². The van der Waals surface area contributed by atoms with Gasteiger partial charge in [0.2, 0.25) is 5.91 Å². The van der Waals surface area contributed by atoms with Crippen LogP contribution in [0.2, 0.25) is 0 Å². The minimum Gasteiger partial charge on any atom is -0.338 e. The first-order valence-corrected chi connectivity index (χ1v) is 14.7. The molecule has 1 aliphatic heterocycles. The summed E-state index contributed by atoms with van der Waals surface area (Å²) in [7, 11) is 0. The average molecular weight is 577 g/mol. The number of anilines is 1. The molecule has 42 heavy (non-hydrogen) atoms. The molecule has 6 aromatic rings. The summed E-state index contributed by atoms with van der Waals surface area (Å²) in [6, 6.07) is 11.7. The highest BCUT2D eigenvalue weighted by Crippen LogP contribution is 2.36. The van der Waals surface area contributed by atoms with Crippen LogP contribution in [-0.4, -0.2) is 54.9 Å². The van der Waals surface area contributed by atoms with Crippen LogP contribution in [0.4, 0.5) is 5.69 Å². The van der Waals surface area contributed by atoms with Gasteiger partial charge in [-0.3, -0.25) is 24.7 Å². The summed E-state index contributed by atoms with van der Waals surface area (Å²) in [4.78, 5) is 43.2. The number of Topliss-reactive ketones (excluding diaryl/α,β-unsaturated/α-hetero) is 1. The van der Waals surface area contributed by atoms with Crippen molar-refractivity contribution in [3.05, 3.63) is 66.1 Å². The van der Waals surface area contributed by atoms with Crippen molar-refractivity contribution < 1.29 is 9.59 Å². The number of H-pyrrole nitrogens is 2. The molecule has 4 N–H and O–H groups in total. The summed E-state index contributed by atoms with van der Waals surface area (Å²) >= 11 is 1.47. The molecule has 10 nitrogen and oxygen atoms in total. The molecule has 1 amide bonds. The van der Waals surface area contributed by atoms with Crippen LogP contribution in [0.3, 0.4) is 0 Å². The number of aromatic amines is 2. The molecule has 210 valence electrons. The molecule has 0 saturated carbocycles. The van der Waals surface area contributed by atoms with Crippen LogP contribution in [0.25, 0.3) is 55.0 Å². The topological polar surface area (TPSA) is 141 Å². The molecule has 0 bridgehead atoms. The maximum absolute atomic E-state index is 12.7. The van der Waals surface area contributed by atoms with Crippen molar-refractivity contribution in [3.8, 4) is 33.1 Å². The number of piperidine rings is 1.